The molecule has 0 spiro atoms. The number of alkyl halides is 6. The van der Waals surface area contributed by atoms with E-state index in [2.05, 4.69) is 4.74 Å². The summed E-state index contributed by atoms with van der Waals surface area (Å²) in [6.07, 6.45) is -4.96. The SMILES string of the molecule is COC(=O)c1c(C#N)cc(C(F)(F)F)cc1SC(F)(F)F. The summed E-state index contributed by atoms with van der Waals surface area (Å²) >= 11 is -0.921. The van der Waals surface area contributed by atoms with Gasteiger partial charge >= 0.3 is 17.7 Å². The van der Waals surface area contributed by atoms with Crippen molar-refractivity contribution in [1.29, 1.82) is 5.26 Å². The van der Waals surface area contributed by atoms with Crippen LogP contribution >= 0.6 is 11.8 Å². The molecule has 0 unspecified atom stereocenters. The van der Waals surface area contributed by atoms with E-state index < -0.39 is 51.0 Å². The summed E-state index contributed by atoms with van der Waals surface area (Å²) in [5, 5.41) is 8.76. The van der Waals surface area contributed by atoms with Crippen LogP contribution in [0.5, 0.6) is 0 Å². The lowest BCUT2D eigenvalue weighted by Crippen LogP contribution is -2.13. The van der Waals surface area contributed by atoms with Crippen LogP contribution in [0.3, 0.4) is 0 Å². The minimum Gasteiger partial charge on any atom is -0.465 e. The molecule has 1 aromatic carbocycles. The molecule has 0 saturated carbocycles. The van der Waals surface area contributed by atoms with Crippen LogP contribution in [0.15, 0.2) is 17.0 Å². The van der Waals surface area contributed by atoms with Gasteiger partial charge in [-0.3, -0.25) is 0 Å². The number of esters is 1. The van der Waals surface area contributed by atoms with Gasteiger partial charge in [0.1, 0.15) is 6.07 Å². The van der Waals surface area contributed by atoms with E-state index in [-0.39, 0.29) is 6.07 Å². The summed E-state index contributed by atoms with van der Waals surface area (Å²) in [7, 11) is 0.837. The molecule has 0 heterocycles. The van der Waals surface area contributed by atoms with Crippen molar-refractivity contribution in [3.63, 3.8) is 0 Å². The van der Waals surface area contributed by atoms with E-state index in [4.69, 9.17) is 5.26 Å². The number of carbonyl (C=O) groups is 1. The Hall–Kier alpha value is -1.89. The van der Waals surface area contributed by atoms with Crippen molar-refractivity contribution in [3.05, 3.63) is 28.8 Å². The van der Waals surface area contributed by atoms with Crippen LogP contribution in [0.25, 0.3) is 0 Å². The predicted octanol–water partition coefficient (Wildman–Crippen LogP) is 3.98. The van der Waals surface area contributed by atoms with Crippen molar-refractivity contribution < 1.29 is 35.9 Å². The first kappa shape index (κ1) is 17.2. The molecule has 21 heavy (non-hydrogen) atoms. The average Bonchev–Trinajstić information content (AvgIpc) is 2.33. The molecule has 0 aliphatic heterocycles. The first-order chi connectivity index (χ1) is 9.49. The Morgan fingerprint density at radius 3 is 2.19 bits per heavy atom. The molecule has 114 valence electrons. The molecule has 0 N–H and O–H groups in total. The summed E-state index contributed by atoms with van der Waals surface area (Å²) in [6.45, 7) is 0. The van der Waals surface area contributed by atoms with Crippen LogP contribution in [-0.2, 0) is 10.9 Å². The highest BCUT2D eigenvalue weighted by atomic mass is 32.2. The number of carbonyl (C=O) groups excluding carboxylic acids is 1. The standard InChI is InChI=1S/C11H5F6NO2S/c1-20-9(19)8-5(4-18)2-6(10(12,13)14)3-7(8)21-11(15,16)17/h2-3H,1H3. The molecular weight excluding hydrogens is 324 g/mol. The Kier molecular flexibility index (Phi) is 4.78. The van der Waals surface area contributed by atoms with E-state index in [0.29, 0.717) is 6.07 Å². The highest BCUT2D eigenvalue weighted by molar-refractivity contribution is 8.00. The van der Waals surface area contributed by atoms with E-state index in [1.54, 1.807) is 0 Å². The number of nitrogens with zero attached hydrogens (tertiary/aromatic N) is 1. The van der Waals surface area contributed by atoms with Crippen LogP contribution in [-0.4, -0.2) is 18.6 Å². The number of thioether (sulfide) groups is 1. The third kappa shape index (κ3) is 4.29. The smallest absolute Gasteiger partial charge is 0.446 e. The van der Waals surface area contributed by atoms with Crippen molar-refractivity contribution in [2.24, 2.45) is 0 Å². The quantitative estimate of drug-likeness (QED) is 0.468. The predicted molar refractivity (Wildman–Crippen MR) is 59.4 cm³/mol. The van der Waals surface area contributed by atoms with Gasteiger partial charge in [0.05, 0.1) is 23.8 Å². The van der Waals surface area contributed by atoms with Crippen molar-refractivity contribution in [2.45, 2.75) is 16.6 Å². The van der Waals surface area contributed by atoms with E-state index in [1.807, 2.05) is 0 Å². The molecule has 10 heteroatoms. The van der Waals surface area contributed by atoms with Gasteiger partial charge in [0, 0.05) is 4.90 Å². The molecule has 1 rings (SSSR count). The van der Waals surface area contributed by atoms with Crippen LogP contribution in [0.1, 0.15) is 21.5 Å². The Bertz CT molecular complexity index is 602. The number of hydrogen-bond acceptors (Lipinski definition) is 4. The van der Waals surface area contributed by atoms with E-state index in [1.165, 1.54) is 6.07 Å². The molecule has 3 nitrogen and oxygen atoms in total. The first-order valence-electron chi connectivity index (χ1n) is 4.99. The lowest BCUT2D eigenvalue weighted by atomic mass is 10.0. The zero-order valence-electron chi connectivity index (χ0n) is 10.1. The number of rotatable bonds is 2. The topological polar surface area (TPSA) is 50.1 Å². The molecule has 0 fully saturated rings. The van der Waals surface area contributed by atoms with Crippen molar-refractivity contribution in [3.8, 4) is 6.07 Å². The van der Waals surface area contributed by atoms with Crippen LogP contribution in [0.4, 0.5) is 26.3 Å². The third-order valence-electron chi connectivity index (χ3n) is 2.17. The second kappa shape index (κ2) is 5.85. The summed E-state index contributed by atoms with van der Waals surface area (Å²) in [6, 6.07) is 1.72. The van der Waals surface area contributed by atoms with Gasteiger partial charge in [-0.2, -0.15) is 31.6 Å². The maximum absolute atomic E-state index is 12.6. The van der Waals surface area contributed by atoms with Gasteiger partial charge in [-0.1, -0.05) is 0 Å². The Labute approximate surface area is 118 Å². The fourth-order valence-corrected chi connectivity index (χ4v) is 2.12. The van der Waals surface area contributed by atoms with E-state index in [9.17, 15) is 31.1 Å². The van der Waals surface area contributed by atoms with Crippen molar-refractivity contribution >= 4 is 17.7 Å². The van der Waals surface area contributed by atoms with E-state index in [0.717, 1.165) is 7.11 Å². The summed E-state index contributed by atoms with van der Waals surface area (Å²) in [5.74, 6) is -1.33. The molecule has 0 atom stereocenters. The van der Waals surface area contributed by atoms with Crippen LogP contribution in [0.2, 0.25) is 0 Å². The molecule has 1 aromatic rings. The largest absolute Gasteiger partial charge is 0.465 e. The zero-order valence-corrected chi connectivity index (χ0v) is 10.9. The van der Waals surface area contributed by atoms with Gasteiger partial charge in [0.25, 0.3) is 0 Å². The van der Waals surface area contributed by atoms with Gasteiger partial charge in [-0.25, -0.2) is 4.79 Å². The number of nitriles is 1. The van der Waals surface area contributed by atoms with Gasteiger partial charge in [-0.05, 0) is 23.9 Å². The lowest BCUT2D eigenvalue weighted by molar-refractivity contribution is -0.137. The van der Waals surface area contributed by atoms with Crippen LogP contribution in [0, 0.1) is 11.3 Å². The minimum absolute atomic E-state index is 0.158. The molecule has 0 aliphatic rings. The Morgan fingerprint density at radius 2 is 1.81 bits per heavy atom. The third-order valence-corrected chi connectivity index (χ3v) is 2.94. The van der Waals surface area contributed by atoms with Gasteiger partial charge in [-0.15, -0.1) is 0 Å². The van der Waals surface area contributed by atoms with Gasteiger partial charge in [0.2, 0.25) is 0 Å². The normalized spacial score (nSPS) is 11.9. The molecule has 0 aromatic heterocycles. The maximum atomic E-state index is 12.6. The van der Waals surface area contributed by atoms with Gasteiger partial charge < -0.3 is 4.74 Å². The second-order valence-corrected chi connectivity index (χ2v) is 4.65. The monoisotopic (exact) mass is 329 g/mol. The highest BCUT2D eigenvalue weighted by Gasteiger charge is 2.37. The van der Waals surface area contributed by atoms with Crippen LogP contribution < -0.4 is 0 Å². The fraction of sp³-hybridized carbons (Fsp3) is 0.273. The van der Waals surface area contributed by atoms with Gasteiger partial charge in [0.15, 0.2) is 0 Å². The average molecular weight is 329 g/mol. The number of halogens is 6. The Morgan fingerprint density at radius 1 is 1.24 bits per heavy atom. The molecular formula is C11H5F6NO2S. The summed E-state index contributed by atoms with van der Waals surface area (Å²) in [4.78, 5) is 10.4. The van der Waals surface area contributed by atoms with E-state index >= 15 is 0 Å². The molecule has 0 radical (unpaired) electrons. The molecule has 0 bridgehead atoms. The fourth-order valence-electron chi connectivity index (χ4n) is 1.39. The zero-order chi connectivity index (χ0) is 16.4. The van der Waals surface area contributed by atoms with Crippen molar-refractivity contribution in [2.75, 3.05) is 7.11 Å². The highest BCUT2D eigenvalue weighted by Crippen LogP contribution is 2.42. The summed E-state index contributed by atoms with van der Waals surface area (Å²) < 4.78 is 79.3. The first-order valence-corrected chi connectivity index (χ1v) is 5.80. The Balaban J connectivity index is 3.62. The van der Waals surface area contributed by atoms with Crippen molar-refractivity contribution in [1.82, 2.24) is 0 Å². The number of hydrogen-bond donors (Lipinski definition) is 0. The number of benzene rings is 1. The lowest BCUT2D eigenvalue weighted by Gasteiger charge is -2.14. The molecule has 0 aliphatic carbocycles. The summed E-state index contributed by atoms with van der Waals surface area (Å²) in [5.41, 5.74) is -8.09. The minimum atomic E-state index is -4.96. The molecule has 0 saturated heterocycles. The number of ether oxygens (including phenoxy) is 1. The second-order valence-electron chi connectivity index (χ2n) is 3.55. The molecule has 0 amide bonds. The maximum Gasteiger partial charge on any atom is 0.446 e. The number of methoxy groups -OCH3 is 1.